The number of carboxylic acids is 1. The van der Waals surface area contributed by atoms with E-state index in [1.807, 2.05) is 6.92 Å². The number of thioether (sulfide) groups is 1. The monoisotopic (exact) mass is 260 g/mol. The molecule has 16 heavy (non-hydrogen) atoms. The highest BCUT2D eigenvalue weighted by Gasteiger charge is 2.16. The molecule has 0 radical (unpaired) electrons. The normalized spacial score (nSPS) is 12.2. The van der Waals surface area contributed by atoms with Gasteiger partial charge in [0.25, 0.3) is 0 Å². The number of methoxy groups -OCH3 is 1. The van der Waals surface area contributed by atoms with E-state index in [1.54, 1.807) is 25.3 Å². The summed E-state index contributed by atoms with van der Waals surface area (Å²) in [6, 6.07) is 5.26. The van der Waals surface area contributed by atoms with Crippen LogP contribution in [-0.4, -0.2) is 23.4 Å². The predicted molar refractivity (Wildman–Crippen MR) is 65.6 cm³/mol. The van der Waals surface area contributed by atoms with Gasteiger partial charge in [-0.2, -0.15) is 0 Å². The van der Waals surface area contributed by atoms with Crippen LogP contribution >= 0.6 is 23.4 Å². The van der Waals surface area contributed by atoms with Gasteiger partial charge in [-0.3, -0.25) is 4.79 Å². The third-order valence-corrected chi connectivity index (χ3v) is 3.69. The molecule has 0 amide bonds. The number of carboxylic acid groups (broad SMARTS) is 1. The van der Waals surface area contributed by atoms with Crippen molar-refractivity contribution in [1.82, 2.24) is 0 Å². The molecule has 0 aliphatic rings. The third kappa shape index (κ3) is 3.32. The lowest BCUT2D eigenvalue weighted by atomic mass is 10.3. The molecule has 1 unspecified atom stereocenters. The maximum atomic E-state index is 10.9. The van der Waals surface area contributed by atoms with Crippen LogP contribution in [0.4, 0.5) is 0 Å². The molecule has 0 aromatic heterocycles. The van der Waals surface area contributed by atoms with E-state index < -0.39 is 11.2 Å². The summed E-state index contributed by atoms with van der Waals surface area (Å²) in [6.07, 6.45) is 0.573. The maximum absolute atomic E-state index is 10.9. The third-order valence-electron chi connectivity index (χ3n) is 2.05. The van der Waals surface area contributed by atoms with E-state index in [0.717, 1.165) is 4.90 Å². The van der Waals surface area contributed by atoms with Gasteiger partial charge >= 0.3 is 5.97 Å². The zero-order chi connectivity index (χ0) is 12.1. The predicted octanol–water partition coefficient (Wildman–Crippen LogP) is 3.30. The Labute approximate surface area is 104 Å². The van der Waals surface area contributed by atoms with E-state index in [-0.39, 0.29) is 0 Å². The lowest BCUT2D eigenvalue weighted by molar-refractivity contribution is -0.136. The first-order chi connectivity index (χ1) is 7.58. The number of hydrogen-bond donors (Lipinski definition) is 1. The summed E-state index contributed by atoms with van der Waals surface area (Å²) in [4.78, 5) is 11.7. The van der Waals surface area contributed by atoms with E-state index in [1.165, 1.54) is 11.8 Å². The van der Waals surface area contributed by atoms with Crippen LogP contribution in [0.5, 0.6) is 5.75 Å². The first kappa shape index (κ1) is 13.2. The second-order valence-electron chi connectivity index (χ2n) is 3.15. The summed E-state index contributed by atoms with van der Waals surface area (Å²) >= 11 is 7.24. The first-order valence-corrected chi connectivity index (χ1v) is 6.07. The van der Waals surface area contributed by atoms with Crippen LogP contribution in [0.25, 0.3) is 0 Å². The molecule has 0 heterocycles. The molecule has 0 aliphatic carbocycles. The largest absolute Gasteiger partial charge is 0.495 e. The van der Waals surface area contributed by atoms with Crippen molar-refractivity contribution in [2.24, 2.45) is 0 Å². The van der Waals surface area contributed by atoms with Crippen LogP contribution in [0, 0.1) is 0 Å². The van der Waals surface area contributed by atoms with Gasteiger partial charge in [-0.25, -0.2) is 0 Å². The molecule has 0 aliphatic heterocycles. The lowest BCUT2D eigenvalue weighted by Crippen LogP contribution is -2.14. The van der Waals surface area contributed by atoms with Crippen molar-refractivity contribution < 1.29 is 14.6 Å². The quantitative estimate of drug-likeness (QED) is 0.825. The van der Waals surface area contributed by atoms with Crippen molar-refractivity contribution in [2.75, 3.05) is 7.11 Å². The molecule has 0 saturated heterocycles. The summed E-state index contributed by atoms with van der Waals surface area (Å²) in [5.41, 5.74) is 0. The number of rotatable bonds is 5. The number of halogens is 1. The maximum Gasteiger partial charge on any atom is 0.316 e. The summed E-state index contributed by atoms with van der Waals surface area (Å²) in [5.74, 6) is -0.214. The number of benzene rings is 1. The minimum Gasteiger partial charge on any atom is -0.495 e. The molecular formula is C11H13ClO3S. The fourth-order valence-corrected chi connectivity index (χ4v) is 2.44. The summed E-state index contributed by atoms with van der Waals surface area (Å²) in [5, 5.41) is 8.98. The molecule has 1 N–H and O–H groups in total. The van der Waals surface area contributed by atoms with Crippen molar-refractivity contribution in [3.05, 3.63) is 23.2 Å². The Morgan fingerprint density at radius 2 is 2.31 bits per heavy atom. The van der Waals surface area contributed by atoms with E-state index in [0.29, 0.717) is 17.2 Å². The van der Waals surface area contributed by atoms with E-state index in [4.69, 9.17) is 21.4 Å². The first-order valence-electron chi connectivity index (χ1n) is 4.81. The Balaban J connectivity index is 2.81. The topological polar surface area (TPSA) is 46.5 Å². The zero-order valence-corrected chi connectivity index (χ0v) is 10.6. The van der Waals surface area contributed by atoms with Gasteiger partial charge in [-0.1, -0.05) is 18.5 Å². The van der Waals surface area contributed by atoms with Gasteiger partial charge in [0.1, 0.15) is 11.0 Å². The number of ether oxygens (including phenoxy) is 1. The molecular weight excluding hydrogens is 248 g/mol. The van der Waals surface area contributed by atoms with Crippen LogP contribution in [0.3, 0.4) is 0 Å². The average molecular weight is 261 g/mol. The summed E-state index contributed by atoms with van der Waals surface area (Å²) in [6.45, 7) is 1.84. The van der Waals surface area contributed by atoms with Crippen molar-refractivity contribution in [3.8, 4) is 5.75 Å². The average Bonchev–Trinajstić information content (AvgIpc) is 2.25. The minimum atomic E-state index is -0.806. The van der Waals surface area contributed by atoms with Gasteiger partial charge in [0.15, 0.2) is 0 Å². The minimum absolute atomic E-state index is 0.440. The Hall–Kier alpha value is -0.870. The molecule has 1 aromatic rings. The highest BCUT2D eigenvalue weighted by molar-refractivity contribution is 8.00. The van der Waals surface area contributed by atoms with E-state index in [9.17, 15) is 4.79 Å². The number of hydrogen-bond acceptors (Lipinski definition) is 3. The van der Waals surface area contributed by atoms with Crippen LogP contribution in [-0.2, 0) is 4.79 Å². The van der Waals surface area contributed by atoms with Crippen molar-refractivity contribution in [3.63, 3.8) is 0 Å². The summed E-state index contributed by atoms with van der Waals surface area (Å²) in [7, 11) is 1.54. The Bertz CT molecular complexity index is 381. The zero-order valence-electron chi connectivity index (χ0n) is 9.07. The van der Waals surface area contributed by atoms with E-state index in [2.05, 4.69) is 0 Å². The van der Waals surface area contributed by atoms with Gasteiger partial charge in [0.2, 0.25) is 0 Å². The molecule has 1 aromatic carbocycles. The van der Waals surface area contributed by atoms with E-state index >= 15 is 0 Å². The van der Waals surface area contributed by atoms with Gasteiger partial charge in [-0.15, -0.1) is 11.8 Å². The Kier molecular flexibility index (Phi) is 4.96. The van der Waals surface area contributed by atoms with Crippen LogP contribution in [0.2, 0.25) is 5.02 Å². The van der Waals surface area contributed by atoms with Crippen molar-refractivity contribution >= 4 is 29.3 Å². The van der Waals surface area contributed by atoms with Gasteiger partial charge < -0.3 is 9.84 Å². The Morgan fingerprint density at radius 3 is 2.75 bits per heavy atom. The van der Waals surface area contributed by atoms with Crippen LogP contribution in [0.1, 0.15) is 13.3 Å². The molecule has 1 atom stereocenters. The molecule has 0 bridgehead atoms. The number of carbonyl (C=O) groups is 1. The highest BCUT2D eigenvalue weighted by Crippen LogP contribution is 2.32. The van der Waals surface area contributed by atoms with Crippen LogP contribution in [0.15, 0.2) is 23.1 Å². The van der Waals surface area contributed by atoms with Crippen LogP contribution < -0.4 is 4.74 Å². The second-order valence-corrected chi connectivity index (χ2v) is 4.83. The molecule has 5 heteroatoms. The fourth-order valence-electron chi connectivity index (χ4n) is 1.19. The standard InChI is InChI=1S/C11H13ClO3S/c1-3-10(11(13)14)16-7-4-5-9(15-2)8(12)6-7/h4-6,10H,3H2,1-2H3,(H,13,14). The summed E-state index contributed by atoms with van der Waals surface area (Å²) < 4.78 is 5.02. The molecule has 0 spiro atoms. The van der Waals surface area contributed by atoms with Gasteiger partial charge in [0.05, 0.1) is 12.1 Å². The smallest absolute Gasteiger partial charge is 0.316 e. The SMILES string of the molecule is CCC(Sc1ccc(OC)c(Cl)c1)C(=O)O. The number of aliphatic carboxylic acids is 1. The second kappa shape index (κ2) is 6.01. The van der Waals surface area contributed by atoms with Crippen molar-refractivity contribution in [2.45, 2.75) is 23.5 Å². The molecule has 0 saturated carbocycles. The molecule has 3 nitrogen and oxygen atoms in total. The van der Waals surface area contributed by atoms with Gasteiger partial charge in [0, 0.05) is 4.90 Å². The lowest BCUT2D eigenvalue weighted by Gasteiger charge is -2.10. The Morgan fingerprint density at radius 1 is 1.62 bits per heavy atom. The molecule has 88 valence electrons. The molecule has 1 rings (SSSR count). The van der Waals surface area contributed by atoms with Gasteiger partial charge in [-0.05, 0) is 24.6 Å². The fraction of sp³-hybridized carbons (Fsp3) is 0.364. The molecule has 0 fully saturated rings. The van der Waals surface area contributed by atoms with Crippen molar-refractivity contribution in [1.29, 1.82) is 0 Å². The highest BCUT2D eigenvalue weighted by atomic mass is 35.5.